The maximum atomic E-state index is 6.03. The molecule has 1 fully saturated rings. The number of nitrogens with zero attached hydrogens (tertiary/aromatic N) is 1. The molecule has 0 aromatic heterocycles. The van der Waals surface area contributed by atoms with E-state index in [1.807, 2.05) is 0 Å². The van der Waals surface area contributed by atoms with Crippen molar-refractivity contribution in [3.05, 3.63) is 11.6 Å². The molecule has 2 aliphatic rings. The van der Waals surface area contributed by atoms with E-state index in [0.29, 0.717) is 6.04 Å². The molecular weight excluding hydrogens is 246 g/mol. The highest BCUT2D eigenvalue weighted by molar-refractivity contribution is 5.21. The fraction of sp³-hybridized carbons (Fsp3) is 0.882. The SMILES string of the molecule is CC1CCC(C(NN)C2=CCCCCC2)(N(C)C)CC1. The molecule has 3 heteroatoms. The lowest BCUT2D eigenvalue weighted by Gasteiger charge is -2.50. The lowest BCUT2D eigenvalue weighted by molar-refractivity contribution is 0.0542. The van der Waals surface area contributed by atoms with Gasteiger partial charge in [0.25, 0.3) is 0 Å². The zero-order valence-electron chi connectivity index (χ0n) is 13.6. The van der Waals surface area contributed by atoms with Gasteiger partial charge >= 0.3 is 0 Å². The van der Waals surface area contributed by atoms with Crippen LogP contribution >= 0.6 is 0 Å². The molecule has 1 atom stereocenters. The average Bonchev–Trinajstić information content (AvgIpc) is 2.71. The highest BCUT2D eigenvalue weighted by Crippen LogP contribution is 2.40. The van der Waals surface area contributed by atoms with Crippen LogP contribution in [0.2, 0.25) is 0 Å². The van der Waals surface area contributed by atoms with E-state index in [4.69, 9.17) is 5.84 Å². The Labute approximate surface area is 124 Å². The van der Waals surface area contributed by atoms with Gasteiger partial charge < -0.3 is 4.90 Å². The summed E-state index contributed by atoms with van der Waals surface area (Å²) in [6.45, 7) is 2.38. The van der Waals surface area contributed by atoms with Gasteiger partial charge in [0.2, 0.25) is 0 Å². The number of allylic oxidation sites excluding steroid dienone is 1. The predicted octanol–water partition coefficient (Wildman–Crippen LogP) is 3.22. The molecule has 1 unspecified atom stereocenters. The lowest BCUT2D eigenvalue weighted by Crippen LogP contribution is -2.62. The lowest BCUT2D eigenvalue weighted by atomic mass is 9.70. The standard InChI is InChI=1S/C17H33N3/c1-14-10-12-17(13-11-14,20(2)3)16(19-18)15-8-6-4-5-7-9-15/h8,14,16,19H,4-7,9-13,18H2,1-3H3. The smallest absolute Gasteiger partial charge is 0.0603 e. The molecule has 0 aliphatic heterocycles. The fourth-order valence-electron chi connectivity index (χ4n) is 4.17. The second-order valence-electron chi connectivity index (χ2n) is 7.16. The van der Waals surface area contributed by atoms with E-state index in [2.05, 4.69) is 37.4 Å². The van der Waals surface area contributed by atoms with E-state index in [1.165, 1.54) is 57.8 Å². The van der Waals surface area contributed by atoms with Crippen LogP contribution in [0.3, 0.4) is 0 Å². The second kappa shape index (κ2) is 7.06. The quantitative estimate of drug-likeness (QED) is 0.472. The third kappa shape index (κ3) is 3.26. The summed E-state index contributed by atoms with van der Waals surface area (Å²) in [5, 5.41) is 0. The molecule has 0 heterocycles. The first-order valence-electron chi connectivity index (χ1n) is 8.42. The van der Waals surface area contributed by atoms with Crippen molar-refractivity contribution in [2.45, 2.75) is 76.3 Å². The summed E-state index contributed by atoms with van der Waals surface area (Å²) < 4.78 is 0. The molecule has 3 nitrogen and oxygen atoms in total. The third-order valence-corrected chi connectivity index (χ3v) is 5.68. The minimum atomic E-state index is 0.206. The summed E-state index contributed by atoms with van der Waals surface area (Å²) in [6, 6.07) is 0.322. The minimum Gasteiger partial charge on any atom is -0.302 e. The van der Waals surface area contributed by atoms with Crippen molar-refractivity contribution in [1.29, 1.82) is 0 Å². The van der Waals surface area contributed by atoms with Gasteiger partial charge in [0.05, 0.1) is 6.04 Å². The molecular formula is C17H33N3. The summed E-state index contributed by atoms with van der Waals surface area (Å²) in [5.74, 6) is 6.89. The highest BCUT2D eigenvalue weighted by atomic mass is 15.3. The van der Waals surface area contributed by atoms with Crippen LogP contribution in [0.15, 0.2) is 11.6 Å². The number of likely N-dealkylation sites (N-methyl/N-ethyl adjacent to an activating group) is 1. The van der Waals surface area contributed by atoms with E-state index in [0.717, 1.165) is 5.92 Å². The molecule has 0 aromatic carbocycles. The van der Waals surface area contributed by atoms with Gasteiger partial charge in [-0.05, 0) is 71.4 Å². The largest absolute Gasteiger partial charge is 0.302 e. The first kappa shape index (κ1) is 16.0. The van der Waals surface area contributed by atoms with Crippen molar-refractivity contribution < 1.29 is 0 Å². The molecule has 0 aromatic rings. The third-order valence-electron chi connectivity index (χ3n) is 5.68. The number of nitrogens with two attached hydrogens (primary N) is 1. The molecule has 2 aliphatic carbocycles. The number of nitrogens with one attached hydrogen (secondary N) is 1. The Kier molecular flexibility index (Phi) is 5.65. The van der Waals surface area contributed by atoms with Crippen molar-refractivity contribution in [3.8, 4) is 0 Å². The van der Waals surface area contributed by atoms with Crippen LogP contribution in [0.5, 0.6) is 0 Å². The monoisotopic (exact) mass is 279 g/mol. The Morgan fingerprint density at radius 2 is 1.95 bits per heavy atom. The van der Waals surface area contributed by atoms with Crippen LogP contribution in [0.1, 0.15) is 64.7 Å². The van der Waals surface area contributed by atoms with Crippen LogP contribution in [0.25, 0.3) is 0 Å². The summed E-state index contributed by atoms with van der Waals surface area (Å²) in [4.78, 5) is 2.44. The molecule has 0 bridgehead atoms. The summed E-state index contributed by atoms with van der Waals surface area (Å²) in [6.07, 6.45) is 14.1. The maximum Gasteiger partial charge on any atom is 0.0603 e. The number of hydrogen-bond acceptors (Lipinski definition) is 3. The average molecular weight is 279 g/mol. The van der Waals surface area contributed by atoms with Crippen LogP contribution in [-0.2, 0) is 0 Å². The minimum absolute atomic E-state index is 0.206. The zero-order chi connectivity index (χ0) is 14.6. The van der Waals surface area contributed by atoms with Gasteiger partial charge in [-0.1, -0.05) is 25.0 Å². The predicted molar refractivity (Wildman–Crippen MR) is 86.3 cm³/mol. The normalized spacial score (nSPS) is 33.6. The first-order chi connectivity index (χ1) is 9.60. The number of hydrogen-bond donors (Lipinski definition) is 2. The Bertz CT molecular complexity index is 327. The van der Waals surface area contributed by atoms with Gasteiger partial charge in [-0.3, -0.25) is 11.3 Å². The molecule has 0 radical (unpaired) electrons. The molecule has 20 heavy (non-hydrogen) atoms. The van der Waals surface area contributed by atoms with Gasteiger partial charge in [0, 0.05) is 5.54 Å². The Balaban J connectivity index is 2.23. The highest BCUT2D eigenvalue weighted by Gasteiger charge is 2.44. The fourth-order valence-corrected chi connectivity index (χ4v) is 4.17. The van der Waals surface area contributed by atoms with E-state index < -0.39 is 0 Å². The van der Waals surface area contributed by atoms with Crippen molar-refractivity contribution >= 4 is 0 Å². The van der Waals surface area contributed by atoms with Gasteiger partial charge in [-0.15, -0.1) is 0 Å². The molecule has 2 rings (SSSR count). The number of rotatable bonds is 4. The van der Waals surface area contributed by atoms with Crippen LogP contribution in [0.4, 0.5) is 0 Å². The van der Waals surface area contributed by atoms with Crippen molar-refractivity contribution in [3.63, 3.8) is 0 Å². The Hall–Kier alpha value is -0.380. The van der Waals surface area contributed by atoms with Crippen molar-refractivity contribution in [1.82, 2.24) is 10.3 Å². The molecule has 116 valence electrons. The summed E-state index contributed by atoms with van der Waals surface area (Å²) in [7, 11) is 4.47. The van der Waals surface area contributed by atoms with Crippen LogP contribution in [-0.4, -0.2) is 30.6 Å². The Morgan fingerprint density at radius 1 is 1.25 bits per heavy atom. The summed E-state index contributed by atoms with van der Waals surface area (Å²) in [5.41, 5.74) is 4.97. The topological polar surface area (TPSA) is 41.3 Å². The van der Waals surface area contributed by atoms with Crippen LogP contribution < -0.4 is 11.3 Å². The molecule has 1 saturated carbocycles. The van der Waals surface area contributed by atoms with Gasteiger partial charge in [0.15, 0.2) is 0 Å². The molecule has 0 amide bonds. The van der Waals surface area contributed by atoms with E-state index in [-0.39, 0.29) is 5.54 Å². The zero-order valence-corrected chi connectivity index (χ0v) is 13.6. The van der Waals surface area contributed by atoms with Crippen molar-refractivity contribution in [2.24, 2.45) is 11.8 Å². The molecule has 0 spiro atoms. The number of hydrazine groups is 1. The Morgan fingerprint density at radius 3 is 2.55 bits per heavy atom. The van der Waals surface area contributed by atoms with Gasteiger partial charge in [-0.2, -0.15) is 0 Å². The van der Waals surface area contributed by atoms with Gasteiger partial charge in [0.1, 0.15) is 0 Å². The molecule has 0 saturated heterocycles. The van der Waals surface area contributed by atoms with Crippen LogP contribution in [0, 0.1) is 5.92 Å². The van der Waals surface area contributed by atoms with E-state index in [1.54, 1.807) is 5.57 Å². The van der Waals surface area contributed by atoms with E-state index in [9.17, 15) is 0 Å². The second-order valence-corrected chi connectivity index (χ2v) is 7.16. The van der Waals surface area contributed by atoms with Crippen molar-refractivity contribution in [2.75, 3.05) is 14.1 Å². The maximum absolute atomic E-state index is 6.03. The summed E-state index contributed by atoms with van der Waals surface area (Å²) >= 11 is 0. The van der Waals surface area contributed by atoms with E-state index >= 15 is 0 Å². The first-order valence-corrected chi connectivity index (χ1v) is 8.42. The molecule has 3 N–H and O–H groups in total. The van der Waals surface area contributed by atoms with Gasteiger partial charge in [-0.25, -0.2) is 0 Å².